The van der Waals surface area contributed by atoms with E-state index in [0.717, 1.165) is 38.0 Å². The van der Waals surface area contributed by atoms with E-state index < -0.39 is 17.3 Å². The second-order valence-corrected chi connectivity index (χ2v) is 12.6. The summed E-state index contributed by atoms with van der Waals surface area (Å²) in [5, 5.41) is 33.9. The summed E-state index contributed by atoms with van der Waals surface area (Å²) < 4.78 is 0. The van der Waals surface area contributed by atoms with Crippen LogP contribution >= 0.6 is 0 Å². The summed E-state index contributed by atoms with van der Waals surface area (Å²) in [4.78, 5) is 0. The highest BCUT2D eigenvalue weighted by Crippen LogP contribution is 2.69. The molecule has 3 saturated carbocycles. The Kier molecular flexibility index (Phi) is 5.77. The van der Waals surface area contributed by atoms with Crippen LogP contribution in [-0.4, -0.2) is 32.6 Å². The van der Waals surface area contributed by atoms with Gasteiger partial charge in [0.05, 0.1) is 17.3 Å². The van der Waals surface area contributed by atoms with Gasteiger partial charge in [0.2, 0.25) is 0 Å². The van der Waals surface area contributed by atoms with Crippen LogP contribution in [0.1, 0.15) is 98.8 Å². The van der Waals surface area contributed by atoms with Gasteiger partial charge in [0.15, 0.2) is 0 Å². The van der Waals surface area contributed by atoms with Gasteiger partial charge >= 0.3 is 0 Å². The fraction of sp³-hybridized carbons (Fsp3) is 0.926. The lowest BCUT2D eigenvalue weighted by Gasteiger charge is -2.64. The van der Waals surface area contributed by atoms with Crippen LogP contribution in [0.3, 0.4) is 0 Å². The lowest BCUT2D eigenvalue weighted by molar-refractivity contribution is -0.220. The largest absolute Gasteiger partial charge is 0.393 e. The molecular formula is C27H46O3. The minimum absolute atomic E-state index is 0.0839. The van der Waals surface area contributed by atoms with Crippen LogP contribution in [0.15, 0.2) is 12.2 Å². The molecule has 0 aliphatic heterocycles. The molecule has 30 heavy (non-hydrogen) atoms. The van der Waals surface area contributed by atoms with Crippen molar-refractivity contribution in [1.29, 1.82) is 0 Å². The minimum atomic E-state index is -0.989. The standard InChI is InChI=1S/C27H46O3/c1-18(2)7-6-8-19(3)21-9-10-22-24(21,4)13-12-23-25(5)14-11-20(28)17-26(25,29)15-16-27(22,23)30/h15-16,18-23,28-30H,6-14,17H2,1-5H3/t19-,20+,21-,22+,23-,24-,25-,26-,27+/m1/s1. The third-order valence-electron chi connectivity index (χ3n) is 10.6. The quantitative estimate of drug-likeness (QED) is 0.519. The van der Waals surface area contributed by atoms with Crippen LogP contribution in [-0.2, 0) is 0 Å². The first kappa shape index (κ1) is 22.8. The molecule has 3 nitrogen and oxygen atoms in total. The fourth-order valence-corrected chi connectivity index (χ4v) is 8.74. The van der Waals surface area contributed by atoms with E-state index in [-0.39, 0.29) is 22.7 Å². The first-order chi connectivity index (χ1) is 14.0. The van der Waals surface area contributed by atoms with E-state index in [1.807, 2.05) is 12.2 Å². The lowest BCUT2D eigenvalue weighted by Crippen LogP contribution is -2.67. The van der Waals surface area contributed by atoms with E-state index in [1.165, 1.54) is 25.7 Å². The molecule has 0 amide bonds. The van der Waals surface area contributed by atoms with E-state index in [9.17, 15) is 15.3 Å². The second kappa shape index (κ2) is 7.59. The summed E-state index contributed by atoms with van der Waals surface area (Å²) in [5.74, 6) is 2.55. The molecule has 9 atom stereocenters. The van der Waals surface area contributed by atoms with Gasteiger partial charge < -0.3 is 15.3 Å². The topological polar surface area (TPSA) is 60.7 Å². The number of rotatable bonds is 5. The summed E-state index contributed by atoms with van der Waals surface area (Å²) >= 11 is 0. The third kappa shape index (κ3) is 3.25. The maximum Gasteiger partial charge on any atom is 0.0910 e. The molecule has 172 valence electrons. The fourth-order valence-electron chi connectivity index (χ4n) is 8.74. The van der Waals surface area contributed by atoms with Crippen LogP contribution in [0, 0.1) is 40.4 Å². The van der Waals surface area contributed by atoms with Gasteiger partial charge in [-0.3, -0.25) is 0 Å². The molecule has 0 aromatic rings. The summed E-state index contributed by atoms with van der Waals surface area (Å²) in [7, 11) is 0. The SMILES string of the molecule is CC(C)CCC[C@@H](C)[C@H]1CC[C@@H]2[C@@]3(O)C=C[C@@]4(O)C[C@@H](O)CC[C@]4(C)[C@H]3CC[C@]12C. The van der Waals surface area contributed by atoms with E-state index in [1.54, 1.807) is 0 Å². The predicted octanol–water partition coefficient (Wildman–Crippen LogP) is 5.47. The van der Waals surface area contributed by atoms with Gasteiger partial charge in [0, 0.05) is 17.8 Å². The highest BCUT2D eigenvalue weighted by Gasteiger charge is 2.68. The molecule has 0 spiro atoms. The van der Waals surface area contributed by atoms with Gasteiger partial charge in [-0.1, -0.05) is 66.0 Å². The van der Waals surface area contributed by atoms with Gasteiger partial charge in [0.25, 0.3) is 0 Å². The maximum absolute atomic E-state index is 12.2. The molecule has 0 bridgehead atoms. The van der Waals surface area contributed by atoms with Gasteiger partial charge in [-0.15, -0.1) is 0 Å². The van der Waals surface area contributed by atoms with E-state index in [4.69, 9.17) is 0 Å². The van der Waals surface area contributed by atoms with E-state index >= 15 is 0 Å². The Morgan fingerprint density at radius 2 is 1.63 bits per heavy atom. The lowest BCUT2D eigenvalue weighted by atomic mass is 9.43. The van der Waals surface area contributed by atoms with Crippen LogP contribution < -0.4 is 0 Å². The summed E-state index contributed by atoms with van der Waals surface area (Å²) in [6.45, 7) is 11.7. The second-order valence-electron chi connectivity index (χ2n) is 12.6. The van der Waals surface area contributed by atoms with Crippen molar-refractivity contribution in [3.63, 3.8) is 0 Å². The van der Waals surface area contributed by atoms with Crippen molar-refractivity contribution >= 4 is 0 Å². The number of hydrogen-bond donors (Lipinski definition) is 3. The highest BCUT2D eigenvalue weighted by atomic mass is 16.3. The Bertz CT molecular complexity index is 673. The molecule has 0 radical (unpaired) electrons. The molecule has 0 aromatic carbocycles. The number of fused-ring (bicyclic) bond motifs is 5. The summed E-state index contributed by atoms with van der Waals surface area (Å²) in [6.07, 6.45) is 13.8. The van der Waals surface area contributed by atoms with Crippen molar-refractivity contribution in [2.24, 2.45) is 40.4 Å². The first-order valence-electron chi connectivity index (χ1n) is 12.8. The average Bonchev–Trinajstić information content (AvgIpc) is 3.01. The number of hydrogen-bond acceptors (Lipinski definition) is 3. The zero-order chi connectivity index (χ0) is 21.9. The predicted molar refractivity (Wildman–Crippen MR) is 122 cm³/mol. The van der Waals surface area contributed by atoms with Gasteiger partial charge in [-0.25, -0.2) is 0 Å². The molecule has 3 N–H and O–H groups in total. The van der Waals surface area contributed by atoms with Crippen molar-refractivity contribution in [3.8, 4) is 0 Å². The van der Waals surface area contributed by atoms with Crippen molar-refractivity contribution in [2.75, 3.05) is 0 Å². The molecule has 0 saturated heterocycles. The zero-order valence-electron chi connectivity index (χ0n) is 20.0. The van der Waals surface area contributed by atoms with E-state index in [0.29, 0.717) is 18.3 Å². The smallest absolute Gasteiger partial charge is 0.0910 e. The monoisotopic (exact) mass is 418 g/mol. The molecular weight excluding hydrogens is 372 g/mol. The van der Waals surface area contributed by atoms with Crippen molar-refractivity contribution in [1.82, 2.24) is 0 Å². The van der Waals surface area contributed by atoms with Crippen molar-refractivity contribution < 1.29 is 15.3 Å². The Morgan fingerprint density at radius 1 is 0.900 bits per heavy atom. The van der Waals surface area contributed by atoms with Crippen LogP contribution in [0.2, 0.25) is 0 Å². The van der Waals surface area contributed by atoms with Gasteiger partial charge in [-0.2, -0.15) is 0 Å². The zero-order valence-corrected chi connectivity index (χ0v) is 20.0. The Hall–Kier alpha value is -0.380. The number of aliphatic hydroxyl groups excluding tert-OH is 1. The minimum Gasteiger partial charge on any atom is -0.393 e. The molecule has 0 heterocycles. The summed E-state index contributed by atoms with van der Waals surface area (Å²) in [6, 6.07) is 0. The van der Waals surface area contributed by atoms with E-state index in [2.05, 4.69) is 34.6 Å². The highest BCUT2D eigenvalue weighted by molar-refractivity contribution is 5.30. The molecule has 0 aromatic heterocycles. The third-order valence-corrected chi connectivity index (χ3v) is 10.6. The molecule has 4 aliphatic carbocycles. The Morgan fingerprint density at radius 3 is 2.33 bits per heavy atom. The van der Waals surface area contributed by atoms with Crippen molar-refractivity contribution in [2.45, 2.75) is 116 Å². The van der Waals surface area contributed by atoms with Gasteiger partial charge in [-0.05, 0) is 67.6 Å². The molecule has 4 aliphatic rings. The van der Waals surface area contributed by atoms with Crippen LogP contribution in [0.5, 0.6) is 0 Å². The average molecular weight is 419 g/mol. The molecule has 3 heteroatoms. The first-order valence-corrected chi connectivity index (χ1v) is 12.8. The van der Waals surface area contributed by atoms with Crippen molar-refractivity contribution in [3.05, 3.63) is 12.2 Å². The summed E-state index contributed by atoms with van der Waals surface area (Å²) in [5.41, 5.74) is -1.97. The Balaban J connectivity index is 1.59. The molecule has 4 rings (SSSR count). The van der Waals surface area contributed by atoms with Crippen LogP contribution in [0.4, 0.5) is 0 Å². The Labute approximate surface area is 184 Å². The molecule has 3 fully saturated rings. The van der Waals surface area contributed by atoms with Crippen LogP contribution in [0.25, 0.3) is 0 Å². The van der Waals surface area contributed by atoms with Gasteiger partial charge in [0.1, 0.15) is 0 Å². The molecule has 0 unspecified atom stereocenters. The normalized spacial score (nSPS) is 51.4. The number of aliphatic hydroxyl groups is 3. The maximum atomic E-state index is 12.2.